The molecule has 124 valence electrons. The van der Waals surface area contributed by atoms with E-state index in [1.807, 2.05) is 0 Å². The number of rotatable bonds is 4. The highest BCUT2D eigenvalue weighted by molar-refractivity contribution is 5.93. The maximum Gasteiger partial charge on any atom is 0.435 e. The van der Waals surface area contributed by atoms with Gasteiger partial charge in [-0.1, -0.05) is 17.3 Å². The highest BCUT2D eigenvalue weighted by Crippen LogP contribution is 2.33. The molecule has 1 aromatic heterocycles. The van der Waals surface area contributed by atoms with Crippen molar-refractivity contribution in [1.29, 1.82) is 0 Å². The van der Waals surface area contributed by atoms with Crippen molar-refractivity contribution in [1.82, 2.24) is 19.9 Å². The molecule has 2 rings (SSSR count). The van der Waals surface area contributed by atoms with Crippen molar-refractivity contribution in [2.45, 2.75) is 6.18 Å². The molecule has 0 spiro atoms. The minimum absolute atomic E-state index is 0.178. The summed E-state index contributed by atoms with van der Waals surface area (Å²) in [4.78, 5) is 12.9. The fourth-order valence-corrected chi connectivity index (χ4v) is 1.90. The predicted molar refractivity (Wildman–Crippen MR) is 70.4 cm³/mol. The van der Waals surface area contributed by atoms with Gasteiger partial charge in [-0.15, -0.1) is 5.10 Å². The number of amides is 1. The minimum atomic E-state index is -4.98. The smallest absolute Gasteiger partial charge is 0.395 e. The van der Waals surface area contributed by atoms with Crippen LogP contribution in [0.3, 0.4) is 0 Å². The Bertz CT molecular complexity index is 714. The van der Waals surface area contributed by atoms with Gasteiger partial charge in [-0.2, -0.15) is 13.2 Å². The summed E-state index contributed by atoms with van der Waals surface area (Å²) in [5.41, 5.74) is -2.91. The molecule has 1 N–H and O–H groups in total. The summed E-state index contributed by atoms with van der Waals surface area (Å²) in [5, 5.41) is 15.3. The Hall–Kier alpha value is -2.49. The zero-order valence-corrected chi connectivity index (χ0v) is 11.9. The van der Waals surface area contributed by atoms with Crippen molar-refractivity contribution in [2.75, 3.05) is 20.2 Å². The van der Waals surface area contributed by atoms with Crippen molar-refractivity contribution in [3.63, 3.8) is 0 Å². The second-order valence-corrected chi connectivity index (χ2v) is 4.60. The highest BCUT2D eigenvalue weighted by atomic mass is 19.4. The van der Waals surface area contributed by atoms with Crippen LogP contribution >= 0.6 is 0 Å². The van der Waals surface area contributed by atoms with Gasteiger partial charge in [-0.3, -0.25) is 4.79 Å². The summed E-state index contributed by atoms with van der Waals surface area (Å²) in [6.45, 7) is -0.603. The van der Waals surface area contributed by atoms with Crippen molar-refractivity contribution in [3.8, 4) is 5.69 Å². The van der Waals surface area contributed by atoms with Crippen LogP contribution in [0.2, 0.25) is 0 Å². The number of para-hydroxylation sites is 1. The fourth-order valence-electron chi connectivity index (χ4n) is 1.90. The minimum Gasteiger partial charge on any atom is -0.395 e. The first-order valence-electron chi connectivity index (χ1n) is 6.41. The lowest BCUT2D eigenvalue weighted by atomic mass is 10.2. The number of aromatic nitrogens is 3. The van der Waals surface area contributed by atoms with Crippen molar-refractivity contribution in [2.24, 2.45) is 0 Å². The summed E-state index contributed by atoms with van der Waals surface area (Å²) < 4.78 is 54.0. The van der Waals surface area contributed by atoms with Crippen LogP contribution < -0.4 is 0 Å². The van der Waals surface area contributed by atoms with Crippen LogP contribution in [0.1, 0.15) is 16.2 Å². The first-order chi connectivity index (χ1) is 10.8. The summed E-state index contributed by atoms with van der Waals surface area (Å²) in [6.07, 6.45) is -4.98. The van der Waals surface area contributed by atoms with E-state index in [0.717, 1.165) is 17.0 Å². The van der Waals surface area contributed by atoms with Gasteiger partial charge >= 0.3 is 6.18 Å². The molecule has 0 unspecified atom stereocenters. The van der Waals surface area contributed by atoms with Gasteiger partial charge in [0.25, 0.3) is 5.91 Å². The molecule has 0 aliphatic heterocycles. The second-order valence-electron chi connectivity index (χ2n) is 4.60. The molecule has 1 amide bonds. The zero-order valence-electron chi connectivity index (χ0n) is 11.9. The Kier molecular flexibility index (Phi) is 4.64. The number of hydrogen-bond acceptors (Lipinski definition) is 4. The Labute approximate surface area is 127 Å². The first kappa shape index (κ1) is 16.9. The highest BCUT2D eigenvalue weighted by Gasteiger charge is 2.42. The number of halogens is 4. The molecule has 6 nitrogen and oxygen atoms in total. The molecule has 0 fully saturated rings. The van der Waals surface area contributed by atoms with Crippen LogP contribution in [0, 0.1) is 5.82 Å². The third-order valence-corrected chi connectivity index (χ3v) is 3.00. The van der Waals surface area contributed by atoms with Crippen molar-refractivity contribution < 1.29 is 27.5 Å². The van der Waals surface area contributed by atoms with Crippen LogP contribution in [-0.4, -0.2) is 51.1 Å². The number of likely N-dealkylation sites (N-methyl/N-ethyl adjacent to an activating group) is 1. The third kappa shape index (κ3) is 3.31. The Morgan fingerprint density at radius 3 is 2.57 bits per heavy atom. The summed E-state index contributed by atoms with van der Waals surface area (Å²) in [7, 11) is 1.21. The van der Waals surface area contributed by atoms with Gasteiger partial charge in [-0.25, -0.2) is 9.07 Å². The van der Waals surface area contributed by atoms with Crippen LogP contribution in [0.5, 0.6) is 0 Å². The average molecular weight is 332 g/mol. The molecule has 1 aromatic carbocycles. The summed E-state index contributed by atoms with van der Waals surface area (Å²) in [5.74, 6) is -2.01. The molecule has 0 saturated carbocycles. The van der Waals surface area contributed by atoms with Gasteiger partial charge in [0.1, 0.15) is 11.5 Å². The van der Waals surface area contributed by atoms with Crippen LogP contribution in [0.4, 0.5) is 17.6 Å². The number of nitrogens with zero attached hydrogens (tertiary/aromatic N) is 4. The van der Waals surface area contributed by atoms with Gasteiger partial charge in [-0.05, 0) is 12.1 Å². The number of carbonyl (C=O) groups excluding carboxylic acids is 1. The SMILES string of the molecule is CN(CCO)C(=O)c1nnn(-c2ccccc2F)c1C(F)(F)F. The van der Waals surface area contributed by atoms with E-state index >= 15 is 0 Å². The van der Waals surface area contributed by atoms with Crippen LogP contribution in [0.25, 0.3) is 5.69 Å². The predicted octanol–water partition coefficient (Wildman–Crippen LogP) is 1.49. The van der Waals surface area contributed by atoms with E-state index in [0.29, 0.717) is 0 Å². The molecule has 0 aliphatic carbocycles. The molecule has 0 bridgehead atoms. The lowest BCUT2D eigenvalue weighted by molar-refractivity contribution is -0.143. The number of hydrogen-bond donors (Lipinski definition) is 1. The average Bonchev–Trinajstić information content (AvgIpc) is 2.92. The van der Waals surface area contributed by atoms with Crippen LogP contribution in [0.15, 0.2) is 24.3 Å². The Morgan fingerprint density at radius 2 is 2.00 bits per heavy atom. The molecule has 0 radical (unpaired) electrons. The molecular weight excluding hydrogens is 320 g/mol. The number of alkyl halides is 3. The van der Waals surface area contributed by atoms with E-state index in [1.165, 1.54) is 19.2 Å². The standard InChI is InChI=1S/C13H12F4N4O2/c1-20(6-7-22)12(23)10-11(13(15,16)17)21(19-18-10)9-5-3-2-4-8(9)14/h2-5,22H,6-7H2,1H3. The molecule has 1 heterocycles. The third-order valence-electron chi connectivity index (χ3n) is 3.00. The summed E-state index contributed by atoms with van der Waals surface area (Å²) in [6, 6.07) is 4.70. The maximum atomic E-state index is 13.7. The van der Waals surface area contributed by atoms with E-state index in [-0.39, 0.29) is 11.2 Å². The number of aliphatic hydroxyl groups excluding tert-OH is 1. The molecule has 2 aromatic rings. The largest absolute Gasteiger partial charge is 0.435 e. The van der Waals surface area contributed by atoms with Gasteiger partial charge < -0.3 is 10.0 Å². The normalized spacial score (nSPS) is 11.6. The Balaban J connectivity index is 2.59. The maximum absolute atomic E-state index is 13.7. The topological polar surface area (TPSA) is 71.2 Å². The van der Waals surface area contributed by atoms with E-state index in [9.17, 15) is 22.4 Å². The first-order valence-corrected chi connectivity index (χ1v) is 6.41. The lowest BCUT2D eigenvalue weighted by Gasteiger charge is -2.16. The van der Waals surface area contributed by atoms with E-state index < -0.39 is 41.6 Å². The fraction of sp³-hybridized carbons (Fsp3) is 0.308. The molecule has 0 aliphatic rings. The van der Waals surface area contributed by atoms with Crippen LogP contribution in [-0.2, 0) is 6.18 Å². The molecule has 23 heavy (non-hydrogen) atoms. The quantitative estimate of drug-likeness (QED) is 0.861. The number of aliphatic hydroxyl groups is 1. The molecule has 0 saturated heterocycles. The van der Waals surface area contributed by atoms with Crippen molar-refractivity contribution in [3.05, 3.63) is 41.5 Å². The van der Waals surface area contributed by atoms with E-state index in [4.69, 9.17) is 5.11 Å². The molecule has 0 atom stereocenters. The second kappa shape index (κ2) is 6.32. The molecular formula is C13H12F4N4O2. The lowest BCUT2D eigenvalue weighted by Crippen LogP contribution is -2.31. The Morgan fingerprint density at radius 1 is 1.35 bits per heavy atom. The van der Waals surface area contributed by atoms with Gasteiger partial charge in [0, 0.05) is 13.6 Å². The van der Waals surface area contributed by atoms with Gasteiger partial charge in [0.2, 0.25) is 0 Å². The number of carbonyl (C=O) groups is 1. The monoisotopic (exact) mass is 332 g/mol. The van der Waals surface area contributed by atoms with E-state index in [2.05, 4.69) is 10.3 Å². The van der Waals surface area contributed by atoms with E-state index in [1.54, 1.807) is 0 Å². The molecule has 10 heteroatoms. The zero-order chi connectivity index (χ0) is 17.2. The van der Waals surface area contributed by atoms with Crippen molar-refractivity contribution >= 4 is 5.91 Å². The van der Waals surface area contributed by atoms with Gasteiger partial charge in [0.15, 0.2) is 11.4 Å². The number of benzene rings is 1. The van der Waals surface area contributed by atoms with Gasteiger partial charge in [0.05, 0.1) is 6.61 Å². The summed E-state index contributed by atoms with van der Waals surface area (Å²) >= 11 is 0.